The number of guanidine groups is 2. The van der Waals surface area contributed by atoms with Gasteiger partial charge in [0, 0.05) is 99.3 Å². The normalized spacial score (nSPS) is 20.2. The lowest BCUT2D eigenvalue weighted by Crippen LogP contribution is -2.58. The van der Waals surface area contributed by atoms with Crippen molar-refractivity contribution >= 4 is 149 Å². The van der Waals surface area contributed by atoms with Gasteiger partial charge in [-0.3, -0.25) is 87.3 Å². The maximum absolute atomic E-state index is 14.7. The second kappa shape index (κ2) is 55.0. The lowest BCUT2D eigenvalue weighted by atomic mass is 9.79. The van der Waals surface area contributed by atoms with Gasteiger partial charge < -0.3 is 106 Å². The van der Waals surface area contributed by atoms with Gasteiger partial charge in [-0.25, -0.2) is 0 Å². The Morgan fingerprint density at radius 2 is 0.904 bits per heavy atom. The predicted molar refractivity (Wildman–Crippen MR) is 550 cm³/mol. The Morgan fingerprint density at radius 3 is 1.42 bits per heavy atom. The number of unbranched alkanes of at least 4 members (excludes halogenated alkanes) is 5. The van der Waals surface area contributed by atoms with Gasteiger partial charge in [-0.2, -0.15) is 13.0 Å². The first-order valence-electron chi connectivity index (χ1n) is 49.4. The minimum Gasteiger partial charge on any atom is -0.481 e. The zero-order chi connectivity index (χ0) is 106. The van der Waals surface area contributed by atoms with Crippen LogP contribution in [0.3, 0.4) is 0 Å². The smallest absolute Gasteiger partial charge is 0.305 e. The molecule has 0 saturated carbocycles. The molecule has 2 saturated heterocycles. The van der Waals surface area contributed by atoms with Gasteiger partial charge in [0.15, 0.2) is 17.6 Å². The third-order valence-corrected chi connectivity index (χ3v) is 26.6. The van der Waals surface area contributed by atoms with Gasteiger partial charge in [-0.05, 0) is 160 Å². The first kappa shape index (κ1) is 113. The highest BCUT2D eigenvalue weighted by molar-refractivity contribution is 7.85. The number of amides is 13. The van der Waals surface area contributed by atoms with Crippen LogP contribution in [0.5, 0.6) is 0 Å². The summed E-state index contributed by atoms with van der Waals surface area (Å²) < 4.78 is 35.2. The van der Waals surface area contributed by atoms with Gasteiger partial charge in [0.25, 0.3) is 10.1 Å². The summed E-state index contributed by atoms with van der Waals surface area (Å²) in [7, 11) is -4.13. The zero-order valence-electron chi connectivity index (χ0n) is 82.6. The number of aliphatic carboxylic acids is 2. The van der Waals surface area contributed by atoms with E-state index in [1.165, 1.54) is 5.56 Å². The molecule has 4 aliphatic rings. The van der Waals surface area contributed by atoms with E-state index < -0.39 is 190 Å². The molecule has 4 aliphatic heterocycles. The fourth-order valence-electron chi connectivity index (χ4n) is 18.5. The molecule has 0 aromatic heterocycles. The molecule has 24 N–H and O–H groups in total. The molecule has 10 rings (SSSR count). The first-order valence-corrected chi connectivity index (χ1v) is 51.0. The summed E-state index contributed by atoms with van der Waals surface area (Å²) in [5.74, 6) is -15.0. The van der Waals surface area contributed by atoms with Crippen molar-refractivity contribution in [1.29, 1.82) is 10.8 Å². The van der Waals surface area contributed by atoms with Crippen LogP contribution in [0.25, 0.3) is 21.5 Å². The summed E-state index contributed by atoms with van der Waals surface area (Å²) >= 11 is 0. The maximum atomic E-state index is 14.7. The number of carbonyl (C=O) groups is 15. The molecule has 42 heteroatoms. The summed E-state index contributed by atoms with van der Waals surface area (Å²) in [6, 6.07) is 28.4. The van der Waals surface area contributed by atoms with Crippen molar-refractivity contribution in [3.05, 3.63) is 204 Å². The molecular formula is C104H136N21O20S+. The van der Waals surface area contributed by atoms with Crippen LogP contribution in [0.4, 0.5) is 11.4 Å². The summed E-state index contributed by atoms with van der Waals surface area (Å²) in [4.78, 5) is 210. The Kier molecular flexibility index (Phi) is 42.5. The summed E-state index contributed by atoms with van der Waals surface area (Å²) in [6.45, 7) is 8.39. The number of anilines is 1. The van der Waals surface area contributed by atoms with Gasteiger partial charge in [-0.1, -0.05) is 166 Å². The molecule has 0 bridgehead atoms. The second-order valence-corrected chi connectivity index (χ2v) is 39.2. The summed E-state index contributed by atoms with van der Waals surface area (Å²) in [5.41, 5.74) is 17.7. The van der Waals surface area contributed by atoms with Gasteiger partial charge in [0.1, 0.15) is 60.9 Å². The number of fused-ring (bicyclic) bond motifs is 6. The van der Waals surface area contributed by atoms with Crippen molar-refractivity contribution in [3.63, 3.8) is 0 Å². The number of benzene rings is 6. The minimum atomic E-state index is -4.13. The number of nitrogens with zero attached hydrogens (tertiary/aromatic N) is 2. The molecule has 0 spiro atoms. The third-order valence-electron chi connectivity index (χ3n) is 25.8. The Morgan fingerprint density at radius 1 is 0.459 bits per heavy atom. The lowest BCUT2D eigenvalue weighted by molar-refractivity contribution is -0.438. The molecule has 0 aliphatic carbocycles. The van der Waals surface area contributed by atoms with Crippen LogP contribution in [-0.4, -0.2) is 247 Å². The van der Waals surface area contributed by atoms with E-state index in [9.17, 15) is 95.1 Å². The van der Waals surface area contributed by atoms with Crippen molar-refractivity contribution in [2.45, 2.75) is 234 Å². The Balaban J connectivity index is 0.846. The molecule has 6 aromatic rings. The highest BCUT2D eigenvalue weighted by atomic mass is 32.2. The fraction of sp³-hybridized carbons (Fsp3) is 0.442. The number of carbonyl (C=O) groups excluding carboxylic acids is 13. The van der Waals surface area contributed by atoms with Crippen LogP contribution in [0, 0.1) is 10.8 Å². The van der Waals surface area contributed by atoms with E-state index in [0.29, 0.717) is 49.9 Å². The van der Waals surface area contributed by atoms with Crippen LogP contribution in [0.15, 0.2) is 182 Å². The summed E-state index contributed by atoms with van der Waals surface area (Å²) in [6.07, 6.45) is 14.0. The number of carboxylic acid groups (broad SMARTS) is 2. The number of rotatable bonds is 46. The van der Waals surface area contributed by atoms with E-state index in [2.05, 4.69) is 178 Å². The van der Waals surface area contributed by atoms with Crippen LogP contribution in [0.1, 0.15) is 178 Å². The average molecular weight is 2030 g/mol. The van der Waals surface area contributed by atoms with Crippen molar-refractivity contribution in [2.75, 3.05) is 63.0 Å². The molecule has 4 heterocycles. The molecule has 146 heavy (non-hydrogen) atoms. The van der Waals surface area contributed by atoms with E-state index in [1.54, 1.807) is 60.7 Å². The lowest BCUT2D eigenvalue weighted by Gasteiger charge is -2.27. The molecule has 41 nitrogen and oxygen atoms in total. The molecule has 2 fully saturated rings. The predicted octanol–water partition coefficient (Wildman–Crippen LogP) is 3.89. The number of allylic oxidation sites excluding steroid dienone is 8. The van der Waals surface area contributed by atoms with Gasteiger partial charge in [-0.15, -0.1) is 0 Å². The number of nitrogens with one attached hydrogen (secondary N) is 17. The van der Waals surface area contributed by atoms with Crippen molar-refractivity contribution < 1.29 is 99.7 Å². The molecular weight excluding hydrogens is 1900 g/mol. The Labute approximate surface area is 847 Å². The van der Waals surface area contributed by atoms with E-state index in [0.717, 1.165) is 49.9 Å². The van der Waals surface area contributed by atoms with Gasteiger partial charge >= 0.3 is 11.9 Å². The molecule has 13 amide bonds. The van der Waals surface area contributed by atoms with E-state index in [4.69, 9.17) is 22.3 Å². The average Bonchev–Trinajstić information content (AvgIpc) is 1.57. The molecule has 2 unspecified atom stereocenters. The van der Waals surface area contributed by atoms with Crippen LogP contribution < -0.4 is 96.1 Å². The van der Waals surface area contributed by atoms with Gasteiger partial charge in [0.2, 0.25) is 82.5 Å². The standard InChI is InChI=1S/C104H135N21O20S/c1-103(2)82(43-15-6-5-7-16-44-83-104(3,4)91-70-38-21-19-36-68(70)47-50-81(91)125(83)57-27-28-58-146(143,144)145)124(80-49-46-67-35-18-20-37-69(67)90(80)103)56-26-10-17-45-85(127)115-75(92(134)110-53-25-23-40-74-96(138)119-72(42-30-55-112-102(107)108)94(136)114-64-87(129)117-79(62-89(132)133)100(142)123-77(98(140)121-74)60-66-33-13-9-14-34-66)48-51-84(126)109-52-24-22-39-73-95(137)118-71(41-29-54-111-101(105)106)93(135)113-63-86(128)116-78(61-88(130)131)99(141)122-76(97(139)120-73)59-65-31-11-8-12-32-65/h5-9,11-16,18-21,31-38,43-44,46-47,49-50,71-79H,10,17,22-30,39-42,45,48,51-64H2,1-4H3,(H23-,105,106,107,108,109,110,111,112,113,114,115,116,117,118,119,120,121,122,123,126,127,128,129,130,131,132,133,134,135,136,137,138,139,140,141,142,143,144,145)/p+1/t71-,72-,73-,74-,75-,76+,77+,78?,79?/m0/s1. The largest absolute Gasteiger partial charge is 0.481 e. The fourth-order valence-corrected chi connectivity index (χ4v) is 19.0. The van der Waals surface area contributed by atoms with Crippen LogP contribution >= 0.6 is 0 Å². The summed E-state index contributed by atoms with van der Waals surface area (Å²) in [5, 5.41) is 78.3. The van der Waals surface area contributed by atoms with Crippen LogP contribution in [0.2, 0.25) is 0 Å². The Bertz CT molecular complexity index is 6030. The Hall–Kier alpha value is -15.2. The quantitative estimate of drug-likeness (QED) is 0.00643. The third kappa shape index (κ3) is 34.2. The maximum Gasteiger partial charge on any atom is 0.305 e. The van der Waals surface area contributed by atoms with Crippen molar-refractivity contribution in [1.82, 2.24) is 79.8 Å². The van der Waals surface area contributed by atoms with E-state index in [-0.39, 0.29) is 147 Å². The van der Waals surface area contributed by atoms with E-state index >= 15 is 0 Å². The highest BCUT2D eigenvalue weighted by Gasteiger charge is 2.47. The second-order valence-electron chi connectivity index (χ2n) is 37.7. The molecule has 6 aromatic carbocycles. The topological polar surface area (TPSA) is 637 Å². The monoisotopic (exact) mass is 2030 g/mol. The van der Waals surface area contributed by atoms with Crippen molar-refractivity contribution in [3.8, 4) is 0 Å². The number of hydrogen-bond acceptors (Lipinski definition) is 20. The van der Waals surface area contributed by atoms with Crippen molar-refractivity contribution in [2.24, 2.45) is 11.5 Å². The van der Waals surface area contributed by atoms with Crippen LogP contribution in [-0.2, 0) is 106 Å². The van der Waals surface area contributed by atoms with Gasteiger partial charge in [0.05, 0.1) is 37.1 Å². The molecule has 782 valence electrons. The number of carboxylic acids is 2. The highest BCUT2D eigenvalue weighted by Crippen LogP contribution is 2.51. The van der Waals surface area contributed by atoms with E-state index in [1.807, 2.05) is 54.6 Å². The molecule has 9 atom stereocenters. The SMILES string of the molecule is CC1(C)C(/C=C/C=C/C=C/C=C2/N(CCCCCC(=O)N[C@@H](CCC(=O)NCCCC[C@@H]3NC(=O)[C@@H](Cc4ccccc4)NC(=O)C(CC(=O)O)NC(=O)CNC(=O)[C@H](CCCNC(=N)N)NC3=O)C(=O)NCCCC[C@@H]3NC(=O)[C@@H](Cc4ccccc4)NC(=O)C(CC(=O)O)NC(=O)CNC(=O)[C@H](CCCNC(=N)N)NC3=O)c3ccc4ccccc4c3C2(C)C)=[N+](CCCCS(=O)(=O)O)c2ccc3ccccc3c21. The number of hydrogen-bond donors (Lipinski definition) is 22. The molecule has 0 radical (unpaired) electrons. The minimum absolute atomic E-state index is 0.0264. The first-order chi connectivity index (χ1) is 69.7. The number of nitrogens with two attached hydrogens (primary N) is 2. The zero-order valence-corrected chi connectivity index (χ0v) is 83.4.